The van der Waals surface area contributed by atoms with Gasteiger partial charge in [0.05, 0.1) is 5.41 Å². The summed E-state index contributed by atoms with van der Waals surface area (Å²) >= 11 is 0. The maximum atomic E-state index is 5.91. The van der Waals surface area contributed by atoms with Gasteiger partial charge in [0.15, 0.2) is 0 Å². The minimum absolute atomic E-state index is 0.111. The Morgan fingerprint density at radius 2 is 2.22 bits per heavy atom. The summed E-state index contributed by atoms with van der Waals surface area (Å²) < 4.78 is 7.14. The first-order chi connectivity index (χ1) is 8.73. The van der Waals surface area contributed by atoms with Gasteiger partial charge in [-0.1, -0.05) is 18.0 Å². The van der Waals surface area contributed by atoms with Gasteiger partial charge in [-0.15, -0.1) is 0 Å². The van der Waals surface area contributed by atoms with Crippen LogP contribution in [0.15, 0.2) is 16.8 Å². The average Bonchev–Trinajstić information content (AvgIpc) is 3.08. The molecule has 1 aliphatic carbocycles. The molecule has 0 saturated heterocycles. The molecule has 1 fully saturated rings. The van der Waals surface area contributed by atoms with Crippen molar-refractivity contribution in [2.75, 3.05) is 6.54 Å². The van der Waals surface area contributed by atoms with Crippen LogP contribution in [0.5, 0.6) is 0 Å². The second-order valence-corrected chi connectivity index (χ2v) is 4.99. The standard InChI is InChI=1S/C12H17N5O/c1-17-7-4-9(15-17)10-14-11(18-16-10)12(8-13)5-2-3-6-12/h4,7H,2-3,5-6,8,13H2,1H3. The van der Waals surface area contributed by atoms with E-state index in [4.69, 9.17) is 10.3 Å². The van der Waals surface area contributed by atoms with Gasteiger partial charge in [-0.25, -0.2) is 0 Å². The Morgan fingerprint density at radius 3 is 2.83 bits per heavy atom. The third-order valence-electron chi connectivity index (χ3n) is 3.77. The fourth-order valence-electron chi connectivity index (χ4n) is 2.63. The summed E-state index contributed by atoms with van der Waals surface area (Å²) in [5.74, 6) is 1.22. The number of hydrogen-bond acceptors (Lipinski definition) is 5. The molecule has 1 saturated carbocycles. The highest BCUT2D eigenvalue weighted by molar-refractivity contribution is 5.47. The lowest BCUT2D eigenvalue weighted by atomic mass is 9.86. The maximum absolute atomic E-state index is 5.91. The molecule has 2 aromatic heterocycles. The van der Waals surface area contributed by atoms with Gasteiger partial charge >= 0.3 is 0 Å². The molecular formula is C12H17N5O. The molecule has 6 heteroatoms. The zero-order valence-corrected chi connectivity index (χ0v) is 10.5. The monoisotopic (exact) mass is 247 g/mol. The summed E-state index contributed by atoms with van der Waals surface area (Å²) in [4.78, 5) is 4.49. The van der Waals surface area contributed by atoms with Gasteiger partial charge in [-0.3, -0.25) is 4.68 Å². The third-order valence-corrected chi connectivity index (χ3v) is 3.77. The van der Waals surface area contributed by atoms with Crippen molar-refractivity contribution in [1.82, 2.24) is 19.9 Å². The van der Waals surface area contributed by atoms with Crippen LogP contribution in [-0.2, 0) is 12.5 Å². The second-order valence-electron chi connectivity index (χ2n) is 4.99. The number of aromatic nitrogens is 4. The van der Waals surface area contributed by atoms with Crippen LogP contribution in [0.3, 0.4) is 0 Å². The fourth-order valence-corrected chi connectivity index (χ4v) is 2.63. The Bertz CT molecular complexity index is 538. The van der Waals surface area contributed by atoms with E-state index < -0.39 is 0 Å². The van der Waals surface area contributed by atoms with E-state index in [0.717, 1.165) is 18.5 Å². The molecule has 18 heavy (non-hydrogen) atoms. The summed E-state index contributed by atoms with van der Waals surface area (Å²) in [6.07, 6.45) is 6.29. The highest BCUT2D eigenvalue weighted by Gasteiger charge is 2.39. The van der Waals surface area contributed by atoms with Crippen LogP contribution < -0.4 is 5.73 Å². The first kappa shape index (κ1) is 11.4. The predicted molar refractivity (Wildman–Crippen MR) is 65.7 cm³/mol. The van der Waals surface area contributed by atoms with Crippen molar-refractivity contribution in [3.63, 3.8) is 0 Å². The van der Waals surface area contributed by atoms with Crippen LogP contribution in [0.2, 0.25) is 0 Å². The van der Waals surface area contributed by atoms with Crippen molar-refractivity contribution in [3.05, 3.63) is 18.2 Å². The largest absolute Gasteiger partial charge is 0.338 e. The minimum Gasteiger partial charge on any atom is -0.338 e. The van der Waals surface area contributed by atoms with Crippen LogP contribution >= 0.6 is 0 Å². The van der Waals surface area contributed by atoms with Crippen LogP contribution in [-0.4, -0.2) is 26.5 Å². The molecule has 2 aromatic rings. The van der Waals surface area contributed by atoms with Gasteiger partial charge in [0.1, 0.15) is 5.69 Å². The Hall–Kier alpha value is -1.69. The maximum Gasteiger partial charge on any atom is 0.234 e. The first-order valence-corrected chi connectivity index (χ1v) is 6.28. The van der Waals surface area contributed by atoms with E-state index >= 15 is 0 Å². The quantitative estimate of drug-likeness (QED) is 0.882. The predicted octanol–water partition coefficient (Wildman–Crippen LogP) is 1.24. The van der Waals surface area contributed by atoms with Crippen molar-refractivity contribution in [1.29, 1.82) is 0 Å². The molecule has 0 radical (unpaired) electrons. The Kier molecular flexibility index (Phi) is 2.66. The average molecular weight is 247 g/mol. The molecule has 0 aliphatic heterocycles. The van der Waals surface area contributed by atoms with Gasteiger partial charge in [-0.05, 0) is 18.9 Å². The van der Waals surface area contributed by atoms with Gasteiger partial charge in [0.2, 0.25) is 11.7 Å². The first-order valence-electron chi connectivity index (χ1n) is 6.28. The van der Waals surface area contributed by atoms with Gasteiger partial charge in [-0.2, -0.15) is 10.1 Å². The molecule has 0 unspecified atom stereocenters. The zero-order valence-electron chi connectivity index (χ0n) is 10.5. The molecule has 0 amide bonds. The number of rotatable bonds is 3. The van der Waals surface area contributed by atoms with Crippen molar-refractivity contribution in [3.8, 4) is 11.5 Å². The van der Waals surface area contributed by atoms with Crippen molar-refractivity contribution >= 4 is 0 Å². The number of hydrogen-bond donors (Lipinski definition) is 1. The minimum atomic E-state index is -0.111. The number of aryl methyl sites for hydroxylation is 1. The Labute approximate surface area is 105 Å². The number of nitrogens with two attached hydrogens (primary N) is 1. The molecule has 2 heterocycles. The van der Waals surface area contributed by atoms with Gasteiger partial charge in [0, 0.05) is 19.8 Å². The lowest BCUT2D eigenvalue weighted by Gasteiger charge is -2.21. The van der Waals surface area contributed by atoms with Crippen molar-refractivity contribution in [2.24, 2.45) is 12.8 Å². The van der Waals surface area contributed by atoms with E-state index in [1.807, 2.05) is 19.3 Å². The fraction of sp³-hybridized carbons (Fsp3) is 0.583. The SMILES string of the molecule is Cn1ccc(-c2noc(C3(CN)CCCC3)n2)n1. The zero-order chi connectivity index (χ0) is 12.6. The van der Waals surface area contributed by atoms with E-state index in [1.54, 1.807) is 4.68 Å². The molecule has 1 aliphatic rings. The highest BCUT2D eigenvalue weighted by atomic mass is 16.5. The van der Waals surface area contributed by atoms with E-state index in [1.165, 1.54) is 12.8 Å². The molecule has 0 atom stereocenters. The summed E-state index contributed by atoms with van der Waals surface area (Å²) in [6, 6.07) is 1.87. The van der Waals surface area contributed by atoms with Crippen LogP contribution in [0.1, 0.15) is 31.6 Å². The summed E-state index contributed by atoms with van der Waals surface area (Å²) in [5, 5.41) is 8.29. The molecule has 0 spiro atoms. The normalized spacial score (nSPS) is 18.3. The summed E-state index contributed by atoms with van der Waals surface area (Å²) in [7, 11) is 1.86. The molecule has 0 aromatic carbocycles. The lowest BCUT2D eigenvalue weighted by Crippen LogP contribution is -2.32. The highest BCUT2D eigenvalue weighted by Crippen LogP contribution is 2.39. The molecule has 6 nitrogen and oxygen atoms in total. The molecule has 3 rings (SSSR count). The molecule has 2 N–H and O–H groups in total. The molecule has 96 valence electrons. The second kappa shape index (κ2) is 4.20. The summed E-state index contributed by atoms with van der Waals surface area (Å²) in [6.45, 7) is 0.566. The molecular weight excluding hydrogens is 230 g/mol. The number of nitrogens with zero attached hydrogens (tertiary/aromatic N) is 4. The van der Waals surface area contributed by atoms with E-state index in [2.05, 4.69) is 15.2 Å². The van der Waals surface area contributed by atoms with Gasteiger partial charge in [0.25, 0.3) is 0 Å². The van der Waals surface area contributed by atoms with Crippen molar-refractivity contribution < 1.29 is 4.52 Å². The van der Waals surface area contributed by atoms with Gasteiger partial charge < -0.3 is 10.3 Å². The van der Waals surface area contributed by atoms with E-state index in [9.17, 15) is 0 Å². The third kappa shape index (κ3) is 1.73. The summed E-state index contributed by atoms with van der Waals surface area (Å²) in [5.41, 5.74) is 6.53. The Balaban J connectivity index is 1.93. The van der Waals surface area contributed by atoms with Crippen LogP contribution in [0, 0.1) is 0 Å². The van der Waals surface area contributed by atoms with Crippen LogP contribution in [0.25, 0.3) is 11.5 Å². The van der Waals surface area contributed by atoms with Crippen LogP contribution in [0.4, 0.5) is 0 Å². The van der Waals surface area contributed by atoms with Crippen molar-refractivity contribution in [2.45, 2.75) is 31.1 Å². The molecule has 0 bridgehead atoms. The smallest absolute Gasteiger partial charge is 0.234 e. The Morgan fingerprint density at radius 1 is 1.44 bits per heavy atom. The lowest BCUT2D eigenvalue weighted by molar-refractivity contribution is 0.284. The van der Waals surface area contributed by atoms with E-state index in [-0.39, 0.29) is 5.41 Å². The topological polar surface area (TPSA) is 82.8 Å². The van der Waals surface area contributed by atoms with E-state index in [0.29, 0.717) is 18.3 Å².